The zero-order valence-corrected chi connectivity index (χ0v) is 24.6. The highest BCUT2D eigenvalue weighted by molar-refractivity contribution is 5.94. The van der Waals surface area contributed by atoms with Crippen LogP contribution < -0.4 is 14.8 Å². The fraction of sp³-hybridized carbons (Fsp3) is 0.387. The lowest BCUT2D eigenvalue weighted by molar-refractivity contribution is -0.132. The molecule has 0 fully saturated rings. The predicted octanol–water partition coefficient (Wildman–Crippen LogP) is 4.62. The van der Waals surface area contributed by atoms with Gasteiger partial charge in [-0.2, -0.15) is 0 Å². The Morgan fingerprint density at radius 2 is 1.67 bits per heavy atom. The van der Waals surface area contributed by atoms with Crippen LogP contribution in [0.15, 0.2) is 65.3 Å². The van der Waals surface area contributed by atoms with Crippen molar-refractivity contribution in [2.45, 2.75) is 26.3 Å². The first-order chi connectivity index (χ1) is 20.4. The van der Waals surface area contributed by atoms with Crippen molar-refractivity contribution in [3.63, 3.8) is 0 Å². The van der Waals surface area contributed by atoms with Gasteiger partial charge in [0.15, 0.2) is 11.5 Å². The van der Waals surface area contributed by atoms with E-state index in [4.69, 9.17) is 23.4 Å². The monoisotopic (exact) mass is 581 g/mol. The largest absolute Gasteiger partial charge is 0.493 e. The van der Waals surface area contributed by atoms with Crippen molar-refractivity contribution >= 4 is 23.6 Å². The van der Waals surface area contributed by atoms with Gasteiger partial charge in [-0.25, -0.2) is 9.59 Å². The number of hydrogen-bond acceptors (Lipinski definition) is 8. The normalized spacial score (nSPS) is 10.6. The van der Waals surface area contributed by atoms with E-state index in [0.717, 1.165) is 5.56 Å². The molecule has 0 bridgehead atoms. The second-order valence-electron chi connectivity index (χ2n) is 9.33. The molecule has 0 saturated heterocycles. The smallest absolute Gasteiger partial charge is 0.338 e. The molecule has 0 aliphatic heterocycles. The Balaban J connectivity index is 1.73. The van der Waals surface area contributed by atoms with Gasteiger partial charge in [-0.1, -0.05) is 6.07 Å². The van der Waals surface area contributed by atoms with Crippen LogP contribution in [-0.4, -0.2) is 81.9 Å². The quantitative estimate of drug-likeness (QED) is 0.192. The number of anilines is 1. The molecule has 0 unspecified atom stereocenters. The van der Waals surface area contributed by atoms with E-state index in [0.29, 0.717) is 61.0 Å². The molecular formula is C31H39N3O8. The summed E-state index contributed by atoms with van der Waals surface area (Å²) in [5.74, 6) is 1.19. The molecule has 1 aromatic heterocycles. The number of carbonyl (C=O) groups excluding carboxylic acids is 3. The summed E-state index contributed by atoms with van der Waals surface area (Å²) < 4.78 is 26.4. The fourth-order valence-electron chi connectivity index (χ4n) is 4.20. The van der Waals surface area contributed by atoms with Crippen LogP contribution in [0.5, 0.6) is 11.5 Å². The van der Waals surface area contributed by atoms with Crippen LogP contribution in [0.3, 0.4) is 0 Å². The summed E-state index contributed by atoms with van der Waals surface area (Å²) >= 11 is 0. The molecule has 1 heterocycles. The van der Waals surface area contributed by atoms with Crippen LogP contribution in [-0.2, 0) is 27.2 Å². The average molecular weight is 582 g/mol. The highest BCUT2D eigenvalue weighted by Crippen LogP contribution is 2.28. The maximum absolute atomic E-state index is 13.6. The van der Waals surface area contributed by atoms with Crippen molar-refractivity contribution in [3.8, 4) is 11.5 Å². The van der Waals surface area contributed by atoms with Crippen LogP contribution in [0.25, 0.3) is 0 Å². The van der Waals surface area contributed by atoms with Gasteiger partial charge in [0.25, 0.3) is 0 Å². The number of methoxy groups -OCH3 is 3. The Kier molecular flexibility index (Phi) is 12.7. The summed E-state index contributed by atoms with van der Waals surface area (Å²) in [6.45, 7) is 3.23. The topological polar surface area (TPSA) is 120 Å². The second kappa shape index (κ2) is 16.7. The number of ether oxygens (including phenoxy) is 4. The lowest BCUT2D eigenvalue weighted by Gasteiger charge is -2.27. The summed E-state index contributed by atoms with van der Waals surface area (Å²) in [6, 6.07) is 15.2. The Hall–Kier alpha value is -4.51. The molecular weight excluding hydrogens is 542 g/mol. The van der Waals surface area contributed by atoms with Crippen LogP contribution in [0.1, 0.15) is 35.0 Å². The van der Waals surface area contributed by atoms with Crippen LogP contribution in [0, 0.1) is 0 Å². The molecule has 3 amide bonds. The van der Waals surface area contributed by atoms with E-state index < -0.39 is 12.0 Å². The molecule has 3 aromatic rings. The van der Waals surface area contributed by atoms with Crippen LogP contribution >= 0.6 is 0 Å². The van der Waals surface area contributed by atoms with Crippen molar-refractivity contribution in [2.24, 2.45) is 0 Å². The zero-order valence-electron chi connectivity index (χ0n) is 24.6. The van der Waals surface area contributed by atoms with Crippen LogP contribution in [0.4, 0.5) is 10.5 Å². The maximum atomic E-state index is 13.6. The molecule has 0 radical (unpaired) electrons. The minimum atomic E-state index is -0.443. The first kappa shape index (κ1) is 32.0. The number of rotatable bonds is 16. The molecule has 1 N–H and O–H groups in total. The van der Waals surface area contributed by atoms with E-state index in [1.807, 2.05) is 18.2 Å². The van der Waals surface area contributed by atoms with Gasteiger partial charge in [-0.3, -0.25) is 4.79 Å². The lowest BCUT2D eigenvalue weighted by Crippen LogP contribution is -2.45. The van der Waals surface area contributed by atoms with Gasteiger partial charge >= 0.3 is 12.0 Å². The Labute approximate surface area is 246 Å². The third-order valence-electron chi connectivity index (χ3n) is 6.43. The van der Waals surface area contributed by atoms with Crippen molar-refractivity contribution in [2.75, 3.05) is 59.5 Å². The first-order valence-corrected chi connectivity index (χ1v) is 13.7. The molecule has 0 aliphatic carbocycles. The Morgan fingerprint density at radius 3 is 2.31 bits per heavy atom. The van der Waals surface area contributed by atoms with Gasteiger partial charge in [-0.05, 0) is 73.9 Å². The number of furan rings is 1. The number of nitrogens with one attached hydrogen (secondary N) is 1. The molecule has 0 spiro atoms. The van der Waals surface area contributed by atoms with E-state index in [-0.39, 0.29) is 25.6 Å². The number of hydrogen-bond donors (Lipinski definition) is 1. The highest BCUT2D eigenvalue weighted by Gasteiger charge is 2.23. The number of esters is 1. The van der Waals surface area contributed by atoms with E-state index in [1.54, 1.807) is 75.8 Å². The van der Waals surface area contributed by atoms with Crippen LogP contribution in [0.2, 0.25) is 0 Å². The van der Waals surface area contributed by atoms with Gasteiger partial charge in [0, 0.05) is 32.5 Å². The third-order valence-corrected chi connectivity index (χ3v) is 6.43. The van der Waals surface area contributed by atoms with E-state index in [9.17, 15) is 14.4 Å². The van der Waals surface area contributed by atoms with E-state index in [1.165, 1.54) is 4.90 Å². The van der Waals surface area contributed by atoms with Crippen molar-refractivity contribution in [1.29, 1.82) is 0 Å². The number of urea groups is 1. The van der Waals surface area contributed by atoms with Crippen molar-refractivity contribution < 1.29 is 37.7 Å². The Morgan fingerprint density at radius 1 is 0.905 bits per heavy atom. The number of benzene rings is 2. The molecule has 226 valence electrons. The minimum Gasteiger partial charge on any atom is -0.493 e. The standard InChI is InChI=1S/C31H39N3O8/c1-5-41-30(36)24-10-12-25(13-11-24)32-31(37)34(16-7-18-38-2)22-29(35)33(21-26-8-6-19-42-26)17-15-23-9-14-27(39-3)28(20-23)40-4/h6,8-14,19-20H,5,7,15-18,21-22H2,1-4H3,(H,32,37). The fourth-order valence-corrected chi connectivity index (χ4v) is 4.20. The lowest BCUT2D eigenvalue weighted by atomic mass is 10.1. The second-order valence-corrected chi connectivity index (χ2v) is 9.33. The summed E-state index contributed by atoms with van der Waals surface area (Å²) in [6.07, 6.45) is 2.66. The Bertz CT molecular complexity index is 1280. The summed E-state index contributed by atoms with van der Waals surface area (Å²) in [5, 5.41) is 2.82. The van der Waals surface area contributed by atoms with Gasteiger partial charge in [-0.15, -0.1) is 0 Å². The van der Waals surface area contributed by atoms with Gasteiger partial charge in [0.2, 0.25) is 5.91 Å². The van der Waals surface area contributed by atoms with E-state index >= 15 is 0 Å². The molecule has 3 rings (SSSR count). The molecule has 42 heavy (non-hydrogen) atoms. The summed E-state index contributed by atoms with van der Waals surface area (Å²) in [4.78, 5) is 42.0. The van der Waals surface area contributed by atoms with Gasteiger partial charge < -0.3 is 38.5 Å². The van der Waals surface area contributed by atoms with Crippen molar-refractivity contribution in [1.82, 2.24) is 9.80 Å². The highest BCUT2D eigenvalue weighted by atomic mass is 16.5. The average Bonchev–Trinajstić information content (AvgIpc) is 3.52. The zero-order chi connectivity index (χ0) is 30.3. The molecule has 11 nitrogen and oxygen atoms in total. The first-order valence-electron chi connectivity index (χ1n) is 13.7. The van der Waals surface area contributed by atoms with Gasteiger partial charge in [0.1, 0.15) is 12.3 Å². The van der Waals surface area contributed by atoms with E-state index in [2.05, 4.69) is 5.32 Å². The predicted molar refractivity (Wildman–Crippen MR) is 157 cm³/mol. The molecule has 0 atom stereocenters. The molecule has 2 aromatic carbocycles. The number of carbonyl (C=O) groups is 3. The van der Waals surface area contributed by atoms with Gasteiger partial charge in [0.05, 0.1) is 39.2 Å². The molecule has 11 heteroatoms. The minimum absolute atomic E-state index is 0.150. The molecule has 0 aliphatic rings. The van der Waals surface area contributed by atoms with Crippen molar-refractivity contribution in [3.05, 3.63) is 77.7 Å². The third kappa shape index (κ3) is 9.55. The summed E-state index contributed by atoms with van der Waals surface area (Å²) in [5.41, 5.74) is 1.83. The molecule has 0 saturated carbocycles. The SMILES string of the molecule is CCOC(=O)c1ccc(NC(=O)N(CCCOC)CC(=O)N(CCc2ccc(OC)c(OC)c2)Cc2ccco2)cc1. The maximum Gasteiger partial charge on any atom is 0.338 e. The number of nitrogens with zero attached hydrogens (tertiary/aromatic N) is 2. The number of amides is 3. The summed E-state index contributed by atoms with van der Waals surface area (Å²) in [7, 11) is 4.74.